The van der Waals surface area contributed by atoms with Gasteiger partial charge in [0, 0.05) is 11.6 Å². The average Bonchev–Trinajstić information content (AvgIpc) is 2.82. The van der Waals surface area contributed by atoms with Crippen LogP contribution in [0.2, 0.25) is 0 Å². The van der Waals surface area contributed by atoms with Crippen molar-refractivity contribution in [3.8, 4) is 11.4 Å². The first-order chi connectivity index (χ1) is 10.1. The van der Waals surface area contributed by atoms with Gasteiger partial charge in [0.2, 0.25) is 11.7 Å². The van der Waals surface area contributed by atoms with Crippen molar-refractivity contribution >= 4 is 0 Å². The van der Waals surface area contributed by atoms with Gasteiger partial charge < -0.3 is 10.3 Å². The quantitative estimate of drug-likeness (QED) is 0.858. The van der Waals surface area contributed by atoms with Gasteiger partial charge in [0.25, 0.3) is 0 Å². The lowest BCUT2D eigenvalue weighted by Crippen LogP contribution is -2.27. The number of aryl methyl sites for hydroxylation is 1. The molecular weight excluding hydrogens is 269 g/mol. The molecule has 1 fully saturated rings. The highest BCUT2D eigenvalue weighted by Crippen LogP contribution is 2.31. The SMILES string of the molecule is Cc1cc(F)ccc1-c1noc(C2CCCCCC2N)n1. The Bertz CT molecular complexity index is 626. The smallest absolute Gasteiger partial charge is 0.231 e. The van der Waals surface area contributed by atoms with E-state index in [0.717, 1.165) is 36.8 Å². The summed E-state index contributed by atoms with van der Waals surface area (Å²) in [5.74, 6) is 1.00. The van der Waals surface area contributed by atoms with Crippen LogP contribution in [0.15, 0.2) is 22.7 Å². The maximum Gasteiger partial charge on any atom is 0.231 e. The predicted molar refractivity (Wildman–Crippen MR) is 78.2 cm³/mol. The van der Waals surface area contributed by atoms with Crippen LogP contribution in [0, 0.1) is 12.7 Å². The van der Waals surface area contributed by atoms with Crippen molar-refractivity contribution in [3.05, 3.63) is 35.5 Å². The highest BCUT2D eigenvalue weighted by Gasteiger charge is 2.27. The van der Waals surface area contributed by atoms with Crippen LogP contribution in [0.3, 0.4) is 0 Å². The van der Waals surface area contributed by atoms with Crippen molar-refractivity contribution in [1.29, 1.82) is 0 Å². The minimum atomic E-state index is -0.259. The van der Waals surface area contributed by atoms with Gasteiger partial charge in [-0.15, -0.1) is 0 Å². The van der Waals surface area contributed by atoms with E-state index in [1.54, 1.807) is 6.07 Å². The molecular formula is C16H20FN3O. The van der Waals surface area contributed by atoms with Crippen LogP contribution < -0.4 is 5.73 Å². The van der Waals surface area contributed by atoms with Gasteiger partial charge in [-0.3, -0.25) is 0 Å². The maximum absolute atomic E-state index is 13.2. The van der Waals surface area contributed by atoms with Crippen LogP contribution in [0.4, 0.5) is 4.39 Å². The number of halogens is 1. The summed E-state index contributed by atoms with van der Waals surface area (Å²) in [7, 11) is 0. The molecule has 0 radical (unpaired) electrons. The molecule has 0 saturated heterocycles. The van der Waals surface area contributed by atoms with Crippen molar-refractivity contribution < 1.29 is 8.91 Å². The summed E-state index contributed by atoms with van der Waals surface area (Å²) in [6, 6.07) is 4.65. The molecule has 1 saturated carbocycles. The summed E-state index contributed by atoms with van der Waals surface area (Å²) in [4.78, 5) is 4.51. The molecule has 1 heterocycles. The van der Waals surface area contributed by atoms with Crippen LogP contribution in [0.25, 0.3) is 11.4 Å². The second-order valence-electron chi connectivity index (χ2n) is 5.82. The third-order valence-electron chi connectivity index (χ3n) is 4.26. The molecule has 2 unspecified atom stereocenters. The molecule has 0 bridgehead atoms. The molecule has 1 aromatic carbocycles. The fraction of sp³-hybridized carbons (Fsp3) is 0.500. The van der Waals surface area contributed by atoms with E-state index >= 15 is 0 Å². The Morgan fingerprint density at radius 2 is 2.05 bits per heavy atom. The zero-order valence-electron chi connectivity index (χ0n) is 12.2. The molecule has 2 atom stereocenters. The lowest BCUT2D eigenvalue weighted by molar-refractivity contribution is 0.326. The third-order valence-corrected chi connectivity index (χ3v) is 4.26. The number of rotatable bonds is 2. The monoisotopic (exact) mass is 289 g/mol. The topological polar surface area (TPSA) is 64.9 Å². The van der Waals surface area contributed by atoms with Crippen LogP contribution in [-0.4, -0.2) is 16.2 Å². The molecule has 1 aliphatic carbocycles. The highest BCUT2D eigenvalue weighted by molar-refractivity contribution is 5.59. The van der Waals surface area contributed by atoms with E-state index in [2.05, 4.69) is 10.1 Å². The van der Waals surface area contributed by atoms with Gasteiger partial charge in [0.05, 0.1) is 5.92 Å². The van der Waals surface area contributed by atoms with Crippen molar-refractivity contribution in [2.24, 2.45) is 5.73 Å². The number of aromatic nitrogens is 2. The molecule has 2 N–H and O–H groups in total. The standard InChI is InChI=1S/C16H20FN3O/c1-10-9-11(17)7-8-12(10)15-19-16(21-20-15)13-5-3-2-4-6-14(13)18/h7-9,13-14H,2-6,18H2,1H3. The fourth-order valence-electron chi connectivity index (χ4n) is 3.02. The van der Waals surface area contributed by atoms with Crippen molar-refractivity contribution in [1.82, 2.24) is 10.1 Å². The molecule has 3 rings (SSSR count). The minimum Gasteiger partial charge on any atom is -0.339 e. The first-order valence-corrected chi connectivity index (χ1v) is 7.51. The maximum atomic E-state index is 13.2. The zero-order valence-corrected chi connectivity index (χ0v) is 12.2. The Balaban J connectivity index is 1.88. The van der Waals surface area contributed by atoms with Crippen LogP contribution in [-0.2, 0) is 0 Å². The largest absolute Gasteiger partial charge is 0.339 e. The van der Waals surface area contributed by atoms with E-state index in [1.165, 1.54) is 18.6 Å². The van der Waals surface area contributed by atoms with Crippen molar-refractivity contribution in [3.63, 3.8) is 0 Å². The molecule has 112 valence electrons. The van der Waals surface area contributed by atoms with Crippen molar-refractivity contribution in [2.75, 3.05) is 0 Å². The highest BCUT2D eigenvalue weighted by atomic mass is 19.1. The Kier molecular flexibility index (Phi) is 4.01. The van der Waals surface area contributed by atoms with Gasteiger partial charge in [-0.2, -0.15) is 4.98 Å². The van der Waals surface area contributed by atoms with E-state index in [9.17, 15) is 4.39 Å². The van der Waals surface area contributed by atoms with Crippen molar-refractivity contribution in [2.45, 2.75) is 51.0 Å². The van der Waals surface area contributed by atoms with Gasteiger partial charge in [0.1, 0.15) is 5.82 Å². The Morgan fingerprint density at radius 1 is 1.24 bits per heavy atom. The van der Waals surface area contributed by atoms with Crippen LogP contribution in [0.1, 0.15) is 49.5 Å². The lowest BCUT2D eigenvalue weighted by Gasteiger charge is -2.16. The van der Waals surface area contributed by atoms with E-state index in [1.807, 2.05) is 6.92 Å². The van der Waals surface area contributed by atoms with E-state index in [4.69, 9.17) is 10.3 Å². The van der Waals surface area contributed by atoms with E-state index in [-0.39, 0.29) is 17.8 Å². The number of nitrogens with two attached hydrogens (primary N) is 1. The first-order valence-electron chi connectivity index (χ1n) is 7.51. The lowest BCUT2D eigenvalue weighted by atomic mass is 9.95. The van der Waals surface area contributed by atoms with Crippen LogP contribution >= 0.6 is 0 Å². The normalized spacial score (nSPS) is 23.0. The molecule has 2 aromatic rings. The summed E-state index contributed by atoms with van der Waals surface area (Å²) in [5, 5.41) is 4.05. The number of hydrogen-bond acceptors (Lipinski definition) is 4. The van der Waals surface area contributed by atoms with Gasteiger partial charge in [0.15, 0.2) is 0 Å². The second-order valence-corrected chi connectivity index (χ2v) is 5.82. The second kappa shape index (κ2) is 5.93. The fourth-order valence-corrected chi connectivity index (χ4v) is 3.02. The summed E-state index contributed by atoms with van der Waals surface area (Å²) >= 11 is 0. The molecule has 0 spiro atoms. The molecule has 0 aliphatic heterocycles. The summed E-state index contributed by atoms with van der Waals surface area (Å²) < 4.78 is 18.6. The predicted octanol–water partition coefficient (Wildman–Crippen LogP) is 3.56. The minimum absolute atomic E-state index is 0.0788. The van der Waals surface area contributed by atoms with Gasteiger partial charge in [-0.05, 0) is 43.5 Å². The van der Waals surface area contributed by atoms with E-state index < -0.39 is 0 Å². The summed E-state index contributed by atoms with van der Waals surface area (Å²) in [6.07, 6.45) is 5.51. The zero-order chi connectivity index (χ0) is 14.8. The molecule has 1 aromatic heterocycles. The van der Waals surface area contributed by atoms with Gasteiger partial charge in [-0.25, -0.2) is 4.39 Å². The molecule has 21 heavy (non-hydrogen) atoms. The molecule has 0 amide bonds. The molecule has 1 aliphatic rings. The number of hydrogen-bond donors (Lipinski definition) is 1. The molecule has 5 heteroatoms. The summed E-state index contributed by atoms with van der Waals surface area (Å²) in [5.41, 5.74) is 7.83. The van der Waals surface area contributed by atoms with Gasteiger partial charge in [-0.1, -0.05) is 24.4 Å². The third kappa shape index (κ3) is 2.97. The number of nitrogens with zero attached hydrogens (tertiary/aromatic N) is 2. The van der Waals surface area contributed by atoms with E-state index in [0.29, 0.717) is 11.7 Å². The molecule has 4 nitrogen and oxygen atoms in total. The van der Waals surface area contributed by atoms with Gasteiger partial charge >= 0.3 is 0 Å². The Labute approximate surface area is 123 Å². The summed E-state index contributed by atoms with van der Waals surface area (Å²) in [6.45, 7) is 1.84. The number of benzene rings is 1. The van der Waals surface area contributed by atoms with Crippen LogP contribution in [0.5, 0.6) is 0 Å². The Morgan fingerprint density at radius 3 is 2.86 bits per heavy atom. The first kappa shape index (κ1) is 14.2. The Hall–Kier alpha value is -1.75. The average molecular weight is 289 g/mol.